The Morgan fingerprint density at radius 3 is 2.92 bits per heavy atom. The van der Waals surface area contributed by atoms with E-state index >= 15 is 0 Å². The molecule has 1 aromatic carbocycles. The molecule has 0 unspecified atom stereocenters. The quantitative estimate of drug-likeness (QED) is 0.484. The smallest absolute Gasteiger partial charge is 0.0447 e. The van der Waals surface area contributed by atoms with Crippen molar-refractivity contribution in [2.24, 2.45) is 0 Å². The normalized spacial score (nSPS) is 10.0. The molecule has 0 radical (unpaired) electrons. The molecule has 3 heteroatoms. The van der Waals surface area contributed by atoms with Gasteiger partial charge in [-0.15, -0.1) is 0 Å². The largest absolute Gasteiger partial charge is 0.398 e. The summed E-state index contributed by atoms with van der Waals surface area (Å²) in [5.41, 5.74) is 8.65. The Labute approximate surface area is 78.6 Å². The maximum absolute atomic E-state index is 8.60. The van der Waals surface area contributed by atoms with E-state index in [2.05, 4.69) is 5.32 Å². The lowest BCUT2D eigenvalue weighted by molar-refractivity contribution is 0.292. The zero-order valence-corrected chi connectivity index (χ0v) is 7.88. The van der Waals surface area contributed by atoms with Crippen molar-refractivity contribution in [2.45, 2.75) is 13.3 Å². The van der Waals surface area contributed by atoms with Gasteiger partial charge in [-0.05, 0) is 31.0 Å². The van der Waals surface area contributed by atoms with Crippen molar-refractivity contribution in [2.75, 3.05) is 24.2 Å². The van der Waals surface area contributed by atoms with E-state index < -0.39 is 0 Å². The first kappa shape index (κ1) is 9.86. The number of anilines is 2. The summed E-state index contributed by atoms with van der Waals surface area (Å²) in [7, 11) is 0. The minimum atomic E-state index is 0.217. The van der Waals surface area contributed by atoms with Crippen LogP contribution in [-0.2, 0) is 0 Å². The summed E-state index contributed by atoms with van der Waals surface area (Å²) in [4.78, 5) is 0. The van der Waals surface area contributed by atoms with E-state index in [1.807, 2.05) is 25.1 Å². The minimum Gasteiger partial charge on any atom is -0.398 e. The Balaban J connectivity index is 2.61. The minimum absolute atomic E-state index is 0.217. The molecule has 3 nitrogen and oxygen atoms in total. The van der Waals surface area contributed by atoms with Crippen molar-refractivity contribution in [1.29, 1.82) is 0 Å². The van der Waals surface area contributed by atoms with Gasteiger partial charge in [0.25, 0.3) is 0 Å². The molecule has 1 rings (SSSR count). The fourth-order valence-corrected chi connectivity index (χ4v) is 1.15. The highest BCUT2D eigenvalue weighted by atomic mass is 16.3. The van der Waals surface area contributed by atoms with Crippen molar-refractivity contribution in [3.8, 4) is 0 Å². The van der Waals surface area contributed by atoms with Crippen molar-refractivity contribution in [3.63, 3.8) is 0 Å². The lowest BCUT2D eigenvalue weighted by atomic mass is 10.1. The Morgan fingerprint density at radius 2 is 2.23 bits per heavy atom. The highest BCUT2D eigenvalue weighted by Gasteiger charge is 1.98. The molecule has 0 saturated heterocycles. The standard InChI is InChI=1S/C10H16N2O/c1-8-9(11)4-2-5-10(8)12-6-3-7-13/h2,4-5,12-13H,3,6-7,11H2,1H3. The number of benzene rings is 1. The highest BCUT2D eigenvalue weighted by molar-refractivity contribution is 5.62. The van der Waals surface area contributed by atoms with E-state index in [0.29, 0.717) is 0 Å². The summed E-state index contributed by atoms with van der Waals surface area (Å²) in [5.74, 6) is 0. The van der Waals surface area contributed by atoms with E-state index in [1.165, 1.54) is 0 Å². The number of hydrogen-bond donors (Lipinski definition) is 3. The van der Waals surface area contributed by atoms with Gasteiger partial charge in [0.1, 0.15) is 0 Å². The van der Waals surface area contributed by atoms with Crippen molar-refractivity contribution in [1.82, 2.24) is 0 Å². The van der Waals surface area contributed by atoms with Crippen LogP contribution in [0.5, 0.6) is 0 Å². The molecule has 1 aromatic rings. The molecular formula is C10H16N2O. The second-order valence-electron chi connectivity index (χ2n) is 3.02. The van der Waals surface area contributed by atoms with Crippen LogP contribution in [0.2, 0.25) is 0 Å². The van der Waals surface area contributed by atoms with E-state index in [4.69, 9.17) is 10.8 Å². The Morgan fingerprint density at radius 1 is 1.46 bits per heavy atom. The summed E-state index contributed by atoms with van der Waals surface area (Å²) in [5, 5.41) is 11.8. The summed E-state index contributed by atoms with van der Waals surface area (Å²) in [6, 6.07) is 5.79. The van der Waals surface area contributed by atoms with Gasteiger partial charge in [0.2, 0.25) is 0 Å². The van der Waals surface area contributed by atoms with E-state index in [-0.39, 0.29) is 6.61 Å². The second-order valence-corrected chi connectivity index (χ2v) is 3.02. The summed E-state index contributed by atoms with van der Waals surface area (Å²) < 4.78 is 0. The van der Waals surface area contributed by atoms with Crippen LogP contribution in [0, 0.1) is 6.92 Å². The first-order valence-corrected chi connectivity index (χ1v) is 4.45. The fraction of sp³-hybridized carbons (Fsp3) is 0.400. The SMILES string of the molecule is Cc1c(N)cccc1NCCCO. The highest BCUT2D eigenvalue weighted by Crippen LogP contribution is 2.19. The third-order valence-corrected chi connectivity index (χ3v) is 2.03. The summed E-state index contributed by atoms with van der Waals surface area (Å²) >= 11 is 0. The molecule has 0 saturated carbocycles. The van der Waals surface area contributed by atoms with Crippen LogP contribution in [0.1, 0.15) is 12.0 Å². The Kier molecular flexibility index (Phi) is 3.58. The van der Waals surface area contributed by atoms with Crippen LogP contribution in [0.25, 0.3) is 0 Å². The monoisotopic (exact) mass is 180 g/mol. The predicted octanol–water partition coefficient (Wildman–Crippen LogP) is 1.37. The molecule has 0 fully saturated rings. The molecule has 0 aromatic heterocycles. The fourth-order valence-electron chi connectivity index (χ4n) is 1.15. The summed E-state index contributed by atoms with van der Waals surface area (Å²) in [6.07, 6.45) is 0.758. The van der Waals surface area contributed by atoms with Crippen molar-refractivity contribution in [3.05, 3.63) is 23.8 Å². The predicted molar refractivity (Wildman–Crippen MR) is 55.8 cm³/mol. The van der Waals surface area contributed by atoms with Gasteiger partial charge in [0.15, 0.2) is 0 Å². The molecular weight excluding hydrogens is 164 g/mol. The van der Waals surface area contributed by atoms with Crippen LogP contribution in [0.15, 0.2) is 18.2 Å². The third-order valence-electron chi connectivity index (χ3n) is 2.03. The van der Waals surface area contributed by atoms with E-state index in [1.54, 1.807) is 0 Å². The van der Waals surface area contributed by atoms with Crippen LogP contribution in [0.4, 0.5) is 11.4 Å². The molecule has 0 spiro atoms. The number of aliphatic hydroxyl groups excluding tert-OH is 1. The maximum Gasteiger partial charge on any atom is 0.0447 e. The van der Waals surface area contributed by atoms with Gasteiger partial charge in [-0.1, -0.05) is 6.07 Å². The average Bonchev–Trinajstić information content (AvgIpc) is 2.13. The van der Waals surface area contributed by atoms with Gasteiger partial charge in [0.05, 0.1) is 0 Å². The second kappa shape index (κ2) is 4.72. The molecule has 0 amide bonds. The number of hydrogen-bond acceptors (Lipinski definition) is 3. The average molecular weight is 180 g/mol. The zero-order chi connectivity index (χ0) is 9.68. The van der Waals surface area contributed by atoms with Gasteiger partial charge in [-0.2, -0.15) is 0 Å². The zero-order valence-electron chi connectivity index (χ0n) is 7.88. The molecule has 0 aliphatic heterocycles. The lowest BCUT2D eigenvalue weighted by Crippen LogP contribution is -2.05. The van der Waals surface area contributed by atoms with Crippen LogP contribution >= 0.6 is 0 Å². The van der Waals surface area contributed by atoms with Gasteiger partial charge in [0, 0.05) is 24.5 Å². The molecule has 4 N–H and O–H groups in total. The van der Waals surface area contributed by atoms with Crippen molar-refractivity contribution < 1.29 is 5.11 Å². The van der Waals surface area contributed by atoms with Gasteiger partial charge in [-0.25, -0.2) is 0 Å². The topological polar surface area (TPSA) is 58.3 Å². The van der Waals surface area contributed by atoms with Crippen LogP contribution < -0.4 is 11.1 Å². The lowest BCUT2D eigenvalue weighted by Gasteiger charge is -2.10. The van der Waals surface area contributed by atoms with Gasteiger partial charge >= 0.3 is 0 Å². The molecule has 72 valence electrons. The first-order chi connectivity index (χ1) is 6.25. The van der Waals surface area contributed by atoms with E-state index in [9.17, 15) is 0 Å². The number of nitrogens with two attached hydrogens (primary N) is 1. The molecule has 0 atom stereocenters. The van der Waals surface area contributed by atoms with Crippen molar-refractivity contribution >= 4 is 11.4 Å². The number of nitrogens with one attached hydrogen (secondary N) is 1. The van der Waals surface area contributed by atoms with Crippen LogP contribution in [0.3, 0.4) is 0 Å². The Bertz CT molecular complexity index is 274. The molecule has 0 heterocycles. The Hall–Kier alpha value is -1.22. The molecule has 0 bridgehead atoms. The third kappa shape index (κ3) is 2.63. The molecule has 13 heavy (non-hydrogen) atoms. The first-order valence-electron chi connectivity index (χ1n) is 4.45. The van der Waals surface area contributed by atoms with Gasteiger partial charge < -0.3 is 16.2 Å². The number of aliphatic hydroxyl groups is 1. The van der Waals surface area contributed by atoms with Gasteiger partial charge in [-0.3, -0.25) is 0 Å². The number of rotatable bonds is 4. The summed E-state index contributed by atoms with van der Waals surface area (Å²) in [6.45, 7) is 2.98. The maximum atomic E-state index is 8.60. The van der Waals surface area contributed by atoms with E-state index in [0.717, 1.165) is 29.9 Å². The molecule has 0 aliphatic carbocycles. The van der Waals surface area contributed by atoms with Crippen LogP contribution in [-0.4, -0.2) is 18.3 Å². The molecule has 0 aliphatic rings. The number of nitrogen functional groups attached to an aromatic ring is 1.